The molecule has 1 aromatic heterocycles. The van der Waals surface area contributed by atoms with E-state index >= 15 is 0 Å². The second kappa shape index (κ2) is 6.97. The van der Waals surface area contributed by atoms with Gasteiger partial charge in [0.05, 0.1) is 30.5 Å². The molecule has 0 fully saturated rings. The summed E-state index contributed by atoms with van der Waals surface area (Å²) in [6.07, 6.45) is 1.10. The van der Waals surface area contributed by atoms with E-state index in [1.54, 1.807) is 50.2 Å². The summed E-state index contributed by atoms with van der Waals surface area (Å²) < 4.78 is 18.5. The molecule has 1 aliphatic rings. The van der Waals surface area contributed by atoms with Gasteiger partial charge in [-0.1, -0.05) is 30.3 Å². The number of Topliss-reactive ketones (excluding diaryl/α,β-unsaturated/α-hetero) is 1. The van der Waals surface area contributed by atoms with Gasteiger partial charge in [-0.25, -0.2) is 4.39 Å². The number of nitrogens with zero attached hydrogens (tertiary/aromatic N) is 1. The van der Waals surface area contributed by atoms with E-state index in [9.17, 15) is 19.1 Å². The first-order valence-electron chi connectivity index (χ1n) is 9.27. The molecule has 5 nitrogen and oxygen atoms in total. The van der Waals surface area contributed by atoms with E-state index < -0.39 is 11.5 Å². The highest BCUT2D eigenvalue weighted by molar-refractivity contribution is 6.11. The highest BCUT2D eigenvalue weighted by atomic mass is 19.1. The number of benzene rings is 2. The number of ketones is 1. The van der Waals surface area contributed by atoms with Gasteiger partial charge in [0, 0.05) is 5.56 Å². The average Bonchev–Trinajstić information content (AvgIpc) is 3.14. The van der Waals surface area contributed by atoms with E-state index in [1.807, 2.05) is 0 Å². The van der Waals surface area contributed by atoms with Crippen molar-refractivity contribution in [1.82, 2.24) is 0 Å². The predicted molar refractivity (Wildman–Crippen MR) is 105 cm³/mol. The summed E-state index contributed by atoms with van der Waals surface area (Å²) in [7, 11) is 0. The minimum Gasteiger partial charge on any atom is -0.469 e. The van der Waals surface area contributed by atoms with Crippen molar-refractivity contribution < 1.29 is 23.5 Å². The largest absolute Gasteiger partial charge is 0.469 e. The Labute approximate surface area is 167 Å². The normalized spacial score (nSPS) is 18.2. The number of hydrogen-bond acceptors (Lipinski definition) is 4. The van der Waals surface area contributed by atoms with Crippen LogP contribution in [0.15, 0.2) is 59.2 Å². The molecule has 3 aromatic rings. The van der Waals surface area contributed by atoms with E-state index in [0.717, 1.165) is 0 Å². The first kappa shape index (κ1) is 19.1. The first-order chi connectivity index (χ1) is 13.8. The Hall–Kier alpha value is -3.25. The minimum atomic E-state index is -1.97. The molecule has 0 bridgehead atoms. The van der Waals surface area contributed by atoms with Gasteiger partial charge in [0.2, 0.25) is 0 Å². The van der Waals surface area contributed by atoms with Crippen LogP contribution in [0, 0.1) is 19.7 Å². The van der Waals surface area contributed by atoms with Crippen molar-refractivity contribution in [3.05, 3.63) is 88.6 Å². The first-order valence-corrected chi connectivity index (χ1v) is 9.27. The Morgan fingerprint density at radius 1 is 1.14 bits per heavy atom. The van der Waals surface area contributed by atoms with Crippen LogP contribution in [-0.4, -0.2) is 16.8 Å². The number of para-hydroxylation sites is 1. The molecule has 1 N–H and O–H groups in total. The fourth-order valence-electron chi connectivity index (χ4n) is 3.92. The number of anilines is 1. The van der Waals surface area contributed by atoms with Gasteiger partial charge in [0.1, 0.15) is 11.6 Å². The van der Waals surface area contributed by atoms with E-state index in [-0.39, 0.29) is 24.6 Å². The van der Waals surface area contributed by atoms with Crippen LogP contribution < -0.4 is 4.90 Å². The van der Waals surface area contributed by atoms with Gasteiger partial charge in [-0.05, 0) is 43.2 Å². The molecular weight excluding hydrogens is 373 g/mol. The fourth-order valence-corrected chi connectivity index (χ4v) is 3.92. The Balaban J connectivity index is 1.69. The second-order valence-corrected chi connectivity index (χ2v) is 7.35. The number of rotatable bonds is 5. The number of fused-ring (bicyclic) bond motifs is 1. The maximum atomic E-state index is 13.3. The molecule has 0 saturated heterocycles. The maximum absolute atomic E-state index is 13.3. The lowest BCUT2D eigenvalue weighted by atomic mass is 9.87. The van der Waals surface area contributed by atoms with Crippen LogP contribution in [0.4, 0.5) is 10.1 Å². The third-order valence-electron chi connectivity index (χ3n) is 5.35. The van der Waals surface area contributed by atoms with Crippen molar-refractivity contribution >= 4 is 17.4 Å². The van der Waals surface area contributed by atoms with Crippen molar-refractivity contribution in [3.8, 4) is 0 Å². The summed E-state index contributed by atoms with van der Waals surface area (Å²) in [5.74, 6) is -0.842. The molecule has 1 amide bonds. The molecular formula is C23H20FNO4. The Morgan fingerprint density at radius 3 is 2.48 bits per heavy atom. The lowest BCUT2D eigenvalue weighted by Crippen LogP contribution is -2.41. The number of halogens is 1. The SMILES string of the molecule is Cc1coc(C)c1C(=O)C[C@@]1(O)C(=O)N(Cc2ccc(F)cc2)c2ccccc21. The quantitative estimate of drug-likeness (QED) is 0.664. The van der Waals surface area contributed by atoms with Crippen molar-refractivity contribution in [1.29, 1.82) is 0 Å². The predicted octanol–water partition coefficient (Wildman–Crippen LogP) is 4.04. The highest BCUT2D eigenvalue weighted by Crippen LogP contribution is 2.43. The Bertz CT molecular complexity index is 1080. The molecule has 0 spiro atoms. The van der Waals surface area contributed by atoms with Gasteiger partial charge >= 0.3 is 0 Å². The number of hydrogen-bond donors (Lipinski definition) is 1. The number of furan rings is 1. The fraction of sp³-hybridized carbons (Fsp3) is 0.217. The lowest BCUT2D eigenvalue weighted by Gasteiger charge is -2.23. The standard InChI is InChI=1S/C23H20FNO4/c1-14-13-29-15(2)21(14)20(26)11-23(28)18-5-3-4-6-19(18)25(22(23)27)12-16-7-9-17(24)10-8-16/h3-10,13,28H,11-12H2,1-2H3/t23-/m0/s1. The molecule has 2 heterocycles. The highest BCUT2D eigenvalue weighted by Gasteiger charge is 2.51. The average molecular weight is 393 g/mol. The van der Waals surface area contributed by atoms with Gasteiger partial charge in [-0.15, -0.1) is 0 Å². The summed E-state index contributed by atoms with van der Waals surface area (Å²) in [5, 5.41) is 11.4. The summed E-state index contributed by atoms with van der Waals surface area (Å²) >= 11 is 0. The molecule has 29 heavy (non-hydrogen) atoms. The molecule has 4 rings (SSSR count). The number of aliphatic hydroxyl groups is 1. The van der Waals surface area contributed by atoms with Crippen LogP contribution in [0.5, 0.6) is 0 Å². The van der Waals surface area contributed by atoms with E-state index in [4.69, 9.17) is 4.42 Å². The van der Waals surface area contributed by atoms with Gasteiger partial charge in [-0.2, -0.15) is 0 Å². The summed E-state index contributed by atoms with van der Waals surface area (Å²) in [6, 6.07) is 12.7. The van der Waals surface area contributed by atoms with Crippen LogP contribution in [-0.2, 0) is 16.9 Å². The smallest absolute Gasteiger partial charge is 0.264 e. The minimum absolute atomic E-state index is 0.163. The van der Waals surface area contributed by atoms with E-state index in [1.165, 1.54) is 23.3 Å². The molecule has 148 valence electrons. The van der Waals surface area contributed by atoms with Crippen LogP contribution in [0.25, 0.3) is 0 Å². The molecule has 0 radical (unpaired) electrons. The lowest BCUT2D eigenvalue weighted by molar-refractivity contribution is -0.136. The summed E-state index contributed by atoms with van der Waals surface area (Å²) in [4.78, 5) is 27.6. The van der Waals surface area contributed by atoms with Crippen LogP contribution in [0.1, 0.15) is 39.2 Å². The third-order valence-corrected chi connectivity index (χ3v) is 5.35. The maximum Gasteiger partial charge on any atom is 0.264 e. The second-order valence-electron chi connectivity index (χ2n) is 7.35. The van der Waals surface area contributed by atoms with Crippen LogP contribution in [0.3, 0.4) is 0 Å². The molecule has 2 aromatic carbocycles. The third kappa shape index (κ3) is 3.15. The van der Waals surface area contributed by atoms with E-state index in [0.29, 0.717) is 33.7 Å². The van der Waals surface area contributed by atoms with Crippen molar-refractivity contribution in [2.75, 3.05) is 4.90 Å². The molecule has 0 saturated carbocycles. The van der Waals surface area contributed by atoms with Gasteiger partial charge < -0.3 is 14.4 Å². The monoisotopic (exact) mass is 393 g/mol. The Kier molecular flexibility index (Phi) is 4.59. The van der Waals surface area contributed by atoms with Crippen molar-refractivity contribution in [2.45, 2.75) is 32.4 Å². The van der Waals surface area contributed by atoms with Gasteiger partial charge in [0.25, 0.3) is 5.91 Å². The van der Waals surface area contributed by atoms with E-state index in [2.05, 4.69) is 0 Å². The zero-order valence-electron chi connectivity index (χ0n) is 16.1. The zero-order chi connectivity index (χ0) is 20.8. The van der Waals surface area contributed by atoms with Gasteiger partial charge in [0.15, 0.2) is 11.4 Å². The number of aryl methyl sites for hydroxylation is 2. The van der Waals surface area contributed by atoms with Crippen LogP contribution >= 0.6 is 0 Å². The summed E-state index contributed by atoms with van der Waals surface area (Å²) in [6.45, 7) is 3.59. The molecule has 1 aliphatic heterocycles. The molecule has 0 aliphatic carbocycles. The Morgan fingerprint density at radius 2 is 1.83 bits per heavy atom. The van der Waals surface area contributed by atoms with Crippen molar-refractivity contribution in [2.24, 2.45) is 0 Å². The van der Waals surface area contributed by atoms with Gasteiger partial charge in [-0.3, -0.25) is 9.59 Å². The van der Waals surface area contributed by atoms with Crippen LogP contribution in [0.2, 0.25) is 0 Å². The molecule has 0 unspecified atom stereocenters. The summed E-state index contributed by atoms with van der Waals surface area (Å²) in [5.41, 5.74) is 0.728. The number of amides is 1. The topological polar surface area (TPSA) is 70.7 Å². The zero-order valence-corrected chi connectivity index (χ0v) is 16.1. The molecule has 6 heteroatoms. The number of carbonyl (C=O) groups is 2. The van der Waals surface area contributed by atoms with Crippen molar-refractivity contribution in [3.63, 3.8) is 0 Å². The number of carbonyl (C=O) groups excluding carboxylic acids is 2. The molecule has 1 atom stereocenters.